The zero-order valence-corrected chi connectivity index (χ0v) is 16.4. The molecule has 0 saturated heterocycles. The number of primary amides is 1. The Morgan fingerprint density at radius 3 is 2.66 bits per heavy atom. The molecule has 2 aliphatic carbocycles. The van der Waals surface area contributed by atoms with Crippen molar-refractivity contribution in [3.8, 4) is 0 Å². The Kier molecular flexibility index (Phi) is 5.51. The second kappa shape index (κ2) is 8.23. The van der Waals surface area contributed by atoms with Gasteiger partial charge in [-0.3, -0.25) is 4.79 Å². The number of carbonyl (C=O) groups is 2. The highest BCUT2D eigenvalue weighted by atomic mass is 19.1. The Labute approximate surface area is 170 Å². The number of benzene rings is 2. The molecule has 5 nitrogen and oxygen atoms in total. The van der Waals surface area contributed by atoms with Crippen molar-refractivity contribution >= 4 is 11.9 Å². The zero-order valence-electron chi connectivity index (χ0n) is 16.4. The van der Waals surface area contributed by atoms with E-state index in [1.807, 2.05) is 0 Å². The van der Waals surface area contributed by atoms with E-state index in [1.54, 1.807) is 4.90 Å². The quantitative estimate of drug-likeness (QED) is 0.750. The van der Waals surface area contributed by atoms with E-state index in [0.29, 0.717) is 18.0 Å². The molecule has 1 unspecified atom stereocenters. The van der Waals surface area contributed by atoms with Gasteiger partial charge in [-0.1, -0.05) is 30.3 Å². The molecule has 2 aromatic carbocycles. The average molecular weight is 395 g/mol. The lowest BCUT2D eigenvalue weighted by atomic mass is 9.98. The molecule has 3 amide bonds. The SMILES string of the molecule is NC(=O)c1ccc(CN(C(=O)NCCC2CCc3ccccc32)C2CC2)c(F)c1. The summed E-state index contributed by atoms with van der Waals surface area (Å²) in [7, 11) is 0. The predicted molar refractivity (Wildman–Crippen MR) is 109 cm³/mol. The summed E-state index contributed by atoms with van der Waals surface area (Å²) in [5, 5.41) is 3.02. The monoisotopic (exact) mass is 395 g/mol. The number of hydrogen-bond acceptors (Lipinski definition) is 2. The zero-order chi connectivity index (χ0) is 20.4. The van der Waals surface area contributed by atoms with Gasteiger partial charge in [0.1, 0.15) is 5.82 Å². The molecule has 1 atom stereocenters. The minimum absolute atomic E-state index is 0.130. The first-order valence-electron chi connectivity index (χ1n) is 10.2. The van der Waals surface area contributed by atoms with Crippen molar-refractivity contribution in [2.24, 2.45) is 5.73 Å². The lowest BCUT2D eigenvalue weighted by Crippen LogP contribution is -2.41. The van der Waals surface area contributed by atoms with Crippen LogP contribution in [-0.4, -0.2) is 29.4 Å². The summed E-state index contributed by atoms with van der Waals surface area (Å²) in [5.41, 5.74) is 8.53. The Morgan fingerprint density at radius 1 is 1.14 bits per heavy atom. The number of halogens is 1. The van der Waals surface area contributed by atoms with Crippen molar-refractivity contribution in [3.63, 3.8) is 0 Å². The van der Waals surface area contributed by atoms with Crippen LogP contribution in [0.1, 0.15) is 58.6 Å². The molecule has 4 rings (SSSR count). The van der Waals surface area contributed by atoms with Crippen LogP contribution in [0, 0.1) is 5.82 Å². The molecule has 0 spiro atoms. The van der Waals surface area contributed by atoms with E-state index in [2.05, 4.69) is 29.6 Å². The van der Waals surface area contributed by atoms with Crippen molar-refractivity contribution in [1.29, 1.82) is 0 Å². The smallest absolute Gasteiger partial charge is 0.317 e. The molecular formula is C23H26FN3O2. The van der Waals surface area contributed by atoms with Crippen LogP contribution in [-0.2, 0) is 13.0 Å². The van der Waals surface area contributed by atoms with E-state index in [-0.39, 0.29) is 24.2 Å². The first kappa shape index (κ1) is 19.4. The van der Waals surface area contributed by atoms with Gasteiger partial charge in [-0.15, -0.1) is 0 Å². The Hall–Kier alpha value is -2.89. The minimum Gasteiger partial charge on any atom is -0.366 e. The van der Waals surface area contributed by atoms with Gasteiger partial charge in [-0.25, -0.2) is 9.18 Å². The molecule has 6 heteroatoms. The van der Waals surface area contributed by atoms with Gasteiger partial charge in [0.15, 0.2) is 0 Å². The second-order valence-electron chi connectivity index (χ2n) is 7.98. The van der Waals surface area contributed by atoms with Gasteiger partial charge in [-0.2, -0.15) is 0 Å². The van der Waals surface area contributed by atoms with Gasteiger partial charge >= 0.3 is 6.03 Å². The molecule has 1 fully saturated rings. The van der Waals surface area contributed by atoms with Crippen LogP contribution in [0.3, 0.4) is 0 Å². The van der Waals surface area contributed by atoms with Crippen LogP contribution >= 0.6 is 0 Å². The molecule has 0 radical (unpaired) electrons. The molecule has 2 aliphatic rings. The maximum Gasteiger partial charge on any atom is 0.317 e. The normalized spacial score (nSPS) is 17.6. The first-order valence-corrected chi connectivity index (χ1v) is 10.2. The van der Waals surface area contributed by atoms with Gasteiger partial charge < -0.3 is 16.0 Å². The minimum atomic E-state index is -0.666. The topological polar surface area (TPSA) is 75.4 Å². The maximum atomic E-state index is 14.3. The lowest BCUT2D eigenvalue weighted by molar-refractivity contribution is 0.0999. The summed E-state index contributed by atoms with van der Waals surface area (Å²) in [6, 6.07) is 12.7. The van der Waals surface area contributed by atoms with Crippen LogP contribution in [0.25, 0.3) is 0 Å². The van der Waals surface area contributed by atoms with Gasteiger partial charge in [0.25, 0.3) is 0 Å². The van der Waals surface area contributed by atoms with Gasteiger partial charge in [0.05, 0.1) is 6.54 Å². The highest BCUT2D eigenvalue weighted by Crippen LogP contribution is 2.35. The molecule has 0 aliphatic heterocycles. The third-order valence-electron chi connectivity index (χ3n) is 5.95. The number of amides is 3. The molecule has 1 saturated carbocycles. The van der Waals surface area contributed by atoms with Crippen molar-refractivity contribution in [3.05, 3.63) is 70.5 Å². The molecule has 0 aromatic heterocycles. The maximum absolute atomic E-state index is 14.3. The molecule has 2 aromatic rings. The fourth-order valence-electron chi connectivity index (χ4n) is 4.17. The number of nitrogens with two attached hydrogens (primary N) is 1. The fourth-order valence-corrected chi connectivity index (χ4v) is 4.17. The standard InChI is InChI=1S/C23H26FN3O2/c24-21-13-17(22(25)28)7-8-18(21)14-27(19-9-10-19)23(29)26-12-11-16-6-5-15-3-1-2-4-20(15)16/h1-4,7-8,13,16,19H,5-6,9-12,14H2,(H2,25,28)(H,26,29). The third kappa shape index (κ3) is 4.42. The number of carbonyl (C=O) groups excluding carboxylic acids is 2. The van der Waals surface area contributed by atoms with Gasteiger partial charge in [0.2, 0.25) is 5.91 Å². The highest BCUT2D eigenvalue weighted by molar-refractivity contribution is 5.92. The van der Waals surface area contributed by atoms with E-state index in [9.17, 15) is 14.0 Å². The van der Waals surface area contributed by atoms with E-state index in [1.165, 1.54) is 23.3 Å². The Balaban J connectivity index is 1.34. The number of fused-ring (bicyclic) bond motifs is 1. The molecule has 0 bridgehead atoms. The van der Waals surface area contributed by atoms with Gasteiger partial charge in [0, 0.05) is 23.7 Å². The predicted octanol–water partition coefficient (Wildman–Crippen LogP) is 3.72. The van der Waals surface area contributed by atoms with Crippen LogP contribution in [0.2, 0.25) is 0 Å². The summed E-state index contributed by atoms with van der Waals surface area (Å²) >= 11 is 0. The molecule has 152 valence electrons. The number of nitrogens with zero attached hydrogens (tertiary/aromatic N) is 1. The third-order valence-corrected chi connectivity index (χ3v) is 5.95. The Bertz CT molecular complexity index is 926. The van der Waals surface area contributed by atoms with Crippen molar-refractivity contribution in [1.82, 2.24) is 10.2 Å². The fraction of sp³-hybridized carbons (Fsp3) is 0.391. The summed E-state index contributed by atoms with van der Waals surface area (Å²) in [6.07, 6.45) is 5.00. The summed E-state index contributed by atoms with van der Waals surface area (Å²) in [4.78, 5) is 25.7. The van der Waals surface area contributed by atoms with E-state index >= 15 is 0 Å². The van der Waals surface area contributed by atoms with Gasteiger partial charge in [-0.05, 0) is 61.3 Å². The van der Waals surface area contributed by atoms with Crippen LogP contribution in [0.15, 0.2) is 42.5 Å². The number of hydrogen-bond donors (Lipinski definition) is 2. The summed E-state index contributed by atoms with van der Waals surface area (Å²) in [6.45, 7) is 0.789. The van der Waals surface area contributed by atoms with Crippen LogP contribution < -0.4 is 11.1 Å². The number of urea groups is 1. The summed E-state index contributed by atoms with van der Waals surface area (Å²) in [5.74, 6) is -0.692. The lowest BCUT2D eigenvalue weighted by Gasteiger charge is -2.24. The van der Waals surface area contributed by atoms with Crippen molar-refractivity contribution in [2.75, 3.05) is 6.54 Å². The number of aryl methyl sites for hydroxylation is 1. The van der Waals surface area contributed by atoms with Crippen LogP contribution in [0.5, 0.6) is 0 Å². The molecular weight excluding hydrogens is 369 g/mol. The van der Waals surface area contributed by atoms with Crippen LogP contribution in [0.4, 0.5) is 9.18 Å². The number of nitrogens with one attached hydrogen (secondary N) is 1. The average Bonchev–Trinajstić information content (AvgIpc) is 3.47. The van der Waals surface area contributed by atoms with E-state index in [0.717, 1.165) is 38.2 Å². The Morgan fingerprint density at radius 2 is 1.93 bits per heavy atom. The largest absolute Gasteiger partial charge is 0.366 e. The molecule has 3 N–H and O–H groups in total. The highest BCUT2D eigenvalue weighted by Gasteiger charge is 2.33. The van der Waals surface area contributed by atoms with Crippen molar-refractivity contribution in [2.45, 2.75) is 50.6 Å². The molecule has 29 heavy (non-hydrogen) atoms. The molecule has 0 heterocycles. The first-order chi connectivity index (χ1) is 14.0. The van der Waals surface area contributed by atoms with Crippen molar-refractivity contribution < 1.29 is 14.0 Å². The number of rotatable bonds is 7. The summed E-state index contributed by atoms with van der Waals surface area (Å²) < 4.78 is 14.3. The van der Waals surface area contributed by atoms with E-state index in [4.69, 9.17) is 5.73 Å². The van der Waals surface area contributed by atoms with E-state index < -0.39 is 11.7 Å². The second-order valence-corrected chi connectivity index (χ2v) is 7.98.